The van der Waals surface area contributed by atoms with E-state index in [1.807, 2.05) is 0 Å². The first kappa shape index (κ1) is 12.4. The van der Waals surface area contributed by atoms with E-state index in [0.29, 0.717) is 19.0 Å². The highest BCUT2D eigenvalue weighted by Gasteiger charge is 2.02. The van der Waals surface area contributed by atoms with Gasteiger partial charge in [-0.2, -0.15) is 0 Å². The fourth-order valence-corrected chi connectivity index (χ4v) is 1.16. The van der Waals surface area contributed by atoms with E-state index in [4.69, 9.17) is 14.2 Å². The maximum Gasteiger partial charge on any atom is 0.309 e. The molecule has 1 aromatic rings. The number of hydrogen-bond acceptors (Lipinski definition) is 4. The molecule has 0 radical (unpaired) electrons. The molecule has 16 heavy (non-hydrogen) atoms. The Morgan fingerprint density at radius 2 is 1.81 bits per heavy atom. The molecule has 1 aromatic carbocycles. The Labute approximate surface area is 95.1 Å². The van der Waals surface area contributed by atoms with Gasteiger partial charge in [0.15, 0.2) is 0 Å². The second-order valence-corrected chi connectivity index (χ2v) is 3.08. The lowest BCUT2D eigenvalue weighted by Gasteiger charge is -2.06. The molecule has 0 aliphatic heterocycles. The van der Waals surface area contributed by atoms with Gasteiger partial charge in [-0.1, -0.05) is 0 Å². The summed E-state index contributed by atoms with van der Waals surface area (Å²) >= 11 is 0. The number of carbonyl (C=O) groups excluding carboxylic acids is 1. The third-order valence-corrected chi connectivity index (χ3v) is 1.94. The maximum absolute atomic E-state index is 11.0. The van der Waals surface area contributed by atoms with E-state index >= 15 is 0 Å². The second kappa shape index (κ2) is 6.71. The quantitative estimate of drug-likeness (QED) is 0.693. The fraction of sp³-hybridized carbons (Fsp3) is 0.417. The minimum absolute atomic E-state index is 0.240. The summed E-state index contributed by atoms with van der Waals surface area (Å²) in [6.45, 7) is 2.51. The Kier molecular flexibility index (Phi) is 5.19. The van der Waals surface area contributed by atoms with E-state index < -0.39 is 0 Å². The van der Waals surface area contributed by atoms with Crippen molar-refractivity contribution in [2.24, 2.45) is 0 Å². The van der Waals surface area contributed by atoms with Crippen molar-refractivity contribution in [3.8, 4) is 11.5 Å². The molecule has 0 fully saturated rings. The van der Waals surface area contributed by atoms with Crippen molar-refractivity contribution < 1.29 is 19.0 Å². The van der Waals surface area contributed by atoms with Crippen LogP contribution in [0, 0.1) is 0 Å². The number of benzene rings is 1. The highest BCUT2D eigenvalue weighted by molar-refractivity contribution is 5.69. The van der Waals surface area contributed by atoms with Crippen LogP contribution < -0.4 is 9.47 Å². The summed E-state index contributed by atoms with van der Waals surface area (Å²) in [7, 11) is 1.61. The topological polar surface area (TPSA) is 44.8 Å². The highest BCUT2D eigenvalue weighted by atomic mass is 16.5. The Morgan fingerprint density at radius 3 is 2.38 bits per heavy atom. The molecule has 0 amide bonds. The summed E-state index contributed by atoms with van der Waals surface area (Å²) in [6, 6.07) is 7.20. The average Bonchev–Trinajstić information content (AvgIpc) is 2.30. The number of hydrogen-bond donors (Lipinski definition) is 0. The molecule has 0 spiro atoms. The summed E-state index contributed by atoms with van der Waals surface area (Å²) in [5.41, 5.74) is 0. The predicted molar refractivity (Wildman–Crippen MR) is 59.7 cm³/mol. The van der Waals surface area contributed by atoms with E-state index in [-0.39, 0.29) is 12.4 Å². The lowest BCUT2D eigenvalue weighted by molar-refractivity contribution is -0.143. The first-order chi connectivity index (χ1) is 7.76. The van der Waals surface area contributed by atoms with Gasteiger partial charge >= 0.3 is 5.97 Å². The molecule has 0 unspecified atom stereocenters. The van der Waals surface area contributed by atoms with Crippen molar-refractivity contribution in [2.75, 3.05) is 20.3 Å². The second-order valence-electron chi connectivity index (χ2n) is 3.08. The smallest absolute Gasteiger partial charge is 0.309 e. The maximum atomic E-state index is 11.0. The molecule has 0 saturated carbocycles. The summed E-state index contributed by atoms with van der Waals surface area (Å²) in [5.74, 6) is 1.25. The van der Waals surface area contributed by atoms with Gasteiger partial charge in [0.1, 0.15) is 11.5 Å². The van der Waals surface area contributed by atoms with E-state index in [0.717, 1.165) is 5.75 Å². The average molecular weight is 224 g/mol. The van der Waals surface area contributed by atoms with Gasteiger partial charge in [0, 0.05) is 0 Å². The SMILES string of the molecule is CCOC(=O)CCOc1ccc(OC)cc1. The van der Waals surface area contributed by atoms with Gasteiger partial charge in [0.05, 0.1) is 26.7 Å². The molecule has 88 valence electrons. The number of esters is 1. The molecule has 0 saturated heterocycles. The van der Waals surface area contributed by atoms with Crippen LogP contribution in [0.25, 0.3) is 0 Å². The normalized spacial score (nSPS) is 9.62. The van der Waals surface area contributed by atoms with Crippen LogP contribution >= 0.6 is 0 Å². The van der Waals surface area contributed by atoms with E-state index in [9.17, 15) is 4.79 Å². The molecule has 1 rings (SSSR count). The molecule has 0 heterocycles. The molecule has 4 heteroatoms. The Morgan fingerprint density at radius 1 is 1.19 bits per heavy atom. The highest BCUT2D eigenvalue weighted by Crippen LogP contribution is 2.16. The number of methoxy groups -OCH3 is 1. The monoisotopic (exact) mass is 224 g/mol. The first-order valence-corrected chi connectivity index (χ1v) is 5.18. The molecule has 0 bridgehead atoms. The van der Waals surface area contributed by atoms with Crippen LogP contribution in [0.3, 0.4) is 0 Å². The molecule has 0 N–H and O–H groups in total. The fourth-order valence-electron chi connectivity index (χ4n) is 1.16. The van der Waals surface area contributed by atoms with E-state index in [1.165, 1.54) is 0 Å². The third kappa shape index (κ3) is 4.21. The van der Waals surface area contributed by atoms with Gasteiger partial charge in [0.25, 0.3) is 0 Å². The van der Waals surface area contributed by atoms with Crippen LogP contribution in [0.5, 0.6) is 11.5 Å². The van der Waals surface area contributed by atoms with Crippen molar-refractivity contribution in [3.63, 3.8) is 0 Å². The van der Waals surface area contributed by atoms with Crippen LogP contribution in [0.1, 0.15) is 13.3 Å². The van der Waals surface area contributed by atoms with Crippen LogP contribution in [0.4, 0.5) is 0 Å². The third-order valence-electron chi connectivity index (χ3n) is 1.94. The molecule has 0 aliphatic rings. The molecule has 4 nitrogen and oxygen atoms in total. The zero-order valence-corrected chi connectivity index (χ0v) is 9.56. The molecular formula is C12H16O4. The molecular weight excluding hydrogens is 208 g/mol. The standard InChI is InChI=1S/C12H16O4/c1-3-15-12(13)8-9-16-11-6-4-10(14-2)5-7-11/h4-7H,3,8-9H2,1-2H3. The van der Waals surface area contributed by atoms with E-state index in [1.54, 1.807) is 38.3 Å². The number of carbonyl (C=O) groups is 1. The zero-order valence-electron chi connectivity index (χ0n) is 9.56. The van der Waals surface area contributed by atoms with Crippen LogP contribution in [0.2, 0.25) is 0 Å². The van der Waals surface area contributed by atoms with Crippen LogP contribution in [-0.2, 0) is 9.53 Å². The van der Waals surface area contributed by atoms with E-state index in [2.05, 4.69) is 0 Å². The first-order valence-electron chi connectivity index (χ1n) is 5.18. The molecule has 0 atom stereocenters. The van der Waals surface area contributed by atoms with Gasteiger partial charge in [-0.05, 0) is 31.2 Å². The van der Waals surface area contributed by atoms with Crippen LogP contribution in [0.15, 0.2) is 24.3 Å². The Balaban J connectivity index is 2.29. The van der Waals surface area contributed by atoms with Gasteiger partial charge in [-0.15, -0.1) is 0 Å². The van der Waals surface area contributed by atoms with Crippen molar-refractivity contribution in [3.05, 3.63) is 24.3 Å². The Bertz CT molecular complexity index is 318. The minimum atomic E-state index is -0.240. The predicted octanol–water partition coefficient (Wildman–Crippen LogP) is 2.03. The summed E-state index contributed by atoms with van der Waals surface area (Å²) in [5, 5.41) is 0. The van der Waals surface area contributed by atoms with Crippen molar-refractivity contribution in [1.82, 2.24) is 0 Å². The van der Waals surface area contributed by atoms with Crippen LogP contribution in [-0.4, -0.2) is 26.3 Å². The van der Waals surface area contributed by atoms with Gasteiger partial charge in [-0.3, -0.25) is 4.79 Å². The van der Waals surface area contributed by atoms with Gasteiger partial charge in [0.2, 0.25) is 0 Å². The minimum Gasteiger partial charge on any atom is -0.497 e. The van der Waals surface area contributed by atoms with Crippen molar-refractivity contribution >= 4 is 5.97 Å². The summed E-state index contributed by atoms with van der Waals surface area (Å²) in [4.78, 5) is 11.0. The lowest BCUT2D eigenvalue weighted by Crippen LogP contribution is -2.09. The summed E-state index contributed by atoms with van der Waals surface area (Å²) in [6.07, 6.45) is 0.264. The zero-order chi connectivity index (χ0) is 11.8. The van der Waals surface area contributed by atoms with Crippen molar-refractivity contribution in [2.45, 2.75) is 13.3 Å². The largest absolute Gasteiger partial charge is 0.497 e. The van der Waals surface area contributed by atoms with Crippen molar-refractivity contribution in [1.29, 1.82) is 0 Å². The Hall–Kier alpha value is -1.71. The van der Waals surface area contributed by atoms with Gasteiger partial charge < -0.3 is 14.2 Å². The molecule has 0 aliphatic carbocycles. The van der Waals surface area contributed by atoms with Gasteiger partial charge in [-0.25, -0.2) is 0 Å². The summed E-state index contributed by atoms with van der Waals surface area (Å²) < 4.78 is 15.2. The molecule has 0 aromatic heterocycles. The number of ether oxygens (including phenoxy) is 3. The lowest BCUT2D eigenvalue weighted by atomic mass is 10.3. The number of rotatable bonds is 6.